The van der Waals surface area contributed by atoms with Crippen LogP contribution < -0.4 is 15.4 Å². The molecule has 0 aliphatic carbocycles. The Morgan fingerprint density at radius 2 is 1.79 bits per heavy atom. The number of sulfone groups is 1. The number of amides is 1. The lowest BCUT2D eigenvalue weighted by Gasteiger charge is -2.42. The zero-order valence-electron chi connectivity index (χ0n) is 19.7. The van der Waals surface area contributed by atoms with E-state index in [1.807, 2.05) is 27.7 Å². The van der Waals surface area contributed by atoms with E-state index in [2.05, 4.69) is 10.6 Å². The number of carbonyl (C=O) groups excluding carboxylic acids is 2. The molecule has 8 nitrogen and oxygen atoms in total. The van der Waals surface area contributed by atoms with Crippen molar-refractivity contribution in [2.75, 3.05) is 24.8 Å². The number of carbonyl (C=O) groups is 2. The number of methoxy groups -OCH3 is 1. The summed E-state index contributed by atoms with van der Waals surface area (Å²) in [5.74, 6) is -1.49. The van der Waals surface area contributed by atoms with Gasteiger partial charge in [0.05, 0.1) is 24.2 Å². The number of ether oxygens (including phenoxy) is 2. The Hall–Kier alpha value is -2.43. The molecule has 0 saturated heterocycles. The molecule has 0 radical (unpaired) electrons. The molecule has 0 atom stereocenters. The molecule has 1 aliphatic rings. The molecule has 33 heavy (non-hydrogen) atoms. The predicted molar refractivity (Wildman–Crippen MR) is 128 cm³/mol. The van der Waals surface area contributed by atoms with Gasteiger partial charge in [-0.15, -0.1) is 11.3 Å². The Balaban J connectivity index is 1.93. The topological polar surface area (TPSA) is 111 Å². The molecule has 0 fully saturated rings. The van der Waals surface area contributed by atoms with Crippen LogP contribution in [0.15, 0.2) is 29.2 Å². The van der Waals surface area contributed by atoms with Crippen molar-refractivity contribution in [2.24, 2.45) is 0 Å². The fourth-order valence-corrected chi connectivity index (χ4v) is 6.65. The van der Waals surface area contributed by atoms with Crippen LogP contribution in [0.5, 0.6) is 5.75 Å². The summed E-state index contributed by atoms with van der Waals surface area (Å²) in [6, 6.07) is 5.83. The molecule has 0 spiro atoms. The molecule has 180 valence electrons. The standard InChI is InChI=1S/C23H30N2O6S2/c1-7-31-21(27)18-16-12-22(2,3)25-23(4,5)19(16)32-20(18)24-17(26)13-33(28,29)15-10-8-14(30-6)9-11-15/h8-11,25H,7,12-13H2,1-6H3,(H,24,26). The summed E-state index contributed by atoms with van der Waals surface area (Å²) < 4.78 is 35.8. The fraction of sp³-hybridized carbons (Fsp3) is 0.478. The monoisotopic (exact) mass is 494 g/mol. The molecular weight excluding hydrogens is 464 g/mol. The van der Waals surface area contributed by atoms with E-state index < -0.39 is 33.0 Å². The summed E-state index contributed by atoms with van der Waals surface area (Å²) >= 11 is 1.27. The summed E-state index contributed by atoms with van der Waals surface area (Å²) in [6.45, 7) is 10.0. The molecule has 1 aromatic carbocycles. The number of hydrogen-bond acceptors (Lipinski definition) is 8. The van der Waals surface area contributed by atoms with Crippen LogP contribution >= 0.6 is 11.3 Å². The minimum absolute atomic E-state index is 0.0154. The van der Waals surface area contributed by atoms with E-state index in [0.29, 0.717) is 22.7 Å². The van der Waals surface area contributed by atoms with Crippen LogP contribution in [0, 0.1) is 0 Å². The van der Waals surface area contributed by atoms with Crippen LogP contribution in [0.1, 0.15) is 55.4 Å². The van der Waals surface area contributed by atoms with Gasteiger partial charge in [-0.25, -0.2) is 13.2 Å². The average molecular weight is 495 g/mol. The number of thiophene rings is 1. The molecule has 1 amide bonds. The quantitative estimate of drug-likeness (QED) is 0.567. The van der Waals surface area contributed by atoms with Crippen molar-refractivity contribution in [3.63, 3.8) is 0 Å². The second-order valence-corrected chi connectivity index (χ2v) is 12.1. The molecule has 1 aliphatic heterocycles. The Bertz CT molecular complexity index is 1160. The van der Waals surface area contributed by atoms with Crippen molar-refractivity contribution in [3.8, 4) is 5.75 Å². The summed E-state index contributed by atoms with van der Waals surface area (Å²) in [4.78, 5) is 26.6. The molecule has 2 N–H and O–H groups in total. The van der Waals surface area contributed by atoms with E-state index in [1.54, 1.807) is 6.92 Å². The number of anilines is 1. The van der Waals surface area contributed by atoms with Crippen molar-refractivity contribution < 1.29 is 27.5 Å². The van der Waals surface area contributed by atoms with Gasteiger partial charge in [-0.1, -0.05) is 0 Å². The van der Waals surface area contributed by atoms with E-state index in [-0.39, 0.29) is 17.0 Å². The smallest absolute Gasteiger partial charge is 0.341 e. The Morgan fingerprint density at radius 3 is 2.36 bits per heavy atom. The van der Waals surface area contributed by atoms with Gasteiger partial charge in [-0.3, -0.25) is 4.79 Å². The van der Waals surface area contributed by atoms with Gasteiger partial charge >= 0.3 is 5.97 Å². The van der Waals surface area contributed by atoms with Crippen LogP contribution in [-0.2, 0) is 31.3 Å². The highest BCUT2D eigenvalue weighted by molar-refractivity contribution is 7.92. The normalized spacial score (nSPS) is 16.5. The summed E-state index contributed by atoms with van der Waals surface area (Å²) in [5.41, 5.74) is 0.397. The van der Waals surface area contributed by atoms with Gasteiger partial charge < -0.3 is 20.1 Å². The molecule has 0 unspecified atom stereocenters. The van der Waals surface area contributed by atoms with E-state index >= 15 is 0 Å². The minimum atomic E-state index is -3.88. The molecule has 2 heterocycles. The van der Waals surface area contributed by atoms with Crippen molar-refractivity contribution >= 4 is 38.1 Å². The number of fused-ring (bicyclic) bond motifs is 1. The molecule has 2 aromatic rings. The zero-order chi connectivity index (χ0) is 24.6. The number of rotatable bonds is 7. The first-order valence-corrected chi connectivity index (χ1v) is 13.1. The third-order valence-corrected chi connectivity index (χ3v) is 8.42. The minimum Gasteiger partial charge on any atom is -0.497 e. The lowest BCUT2D eigenvalue weighted by Crippen LogP contribution is -2.55. The van der Waals surface area contributed by atoms with Gasteiger partial charge in [0.2, 0.25) is 5.91 Å². The van der Waals surface area contributed by atoms with Crippen molar-refractivity contribution in [1.29, 1.82) is 0 Å². The molecule has 0 bridgehead atoms. The van der Waals surface area contributed by atoms with Gasteiger partial charge in [0, 0.05) is 16.0 Å². The highest BCUT2D eigenvalue weighted by Crippen LogP contribution is 2.45. The lowest BCUT2D eigenvalue weighted by molar-refractivity contribution is -0.113. The van der Waals surface area contributed by atoms with Gasteiger partial charge in [0.1, 0.15) is 16.5 Å². The summed E-state index contributed by atoms with van der Waals surface area (Å²) in [7, 11) is -2.40. The molecule has 0 saturated carbocycles. The third-order valence-electron chi connectivity index (χ3n) is 5.32. The molecule has 3 rings (SSSR count). The SMILES string of the molecule is CCOC(=O)c1c(NC(=O)CS(=O)(=O)c2ccc(OC)cc2)sc2c1CC(C)(C)NC2(C)C. The Labute approximate surface area is 198 Å². The highest BCUT2D eigenvalue weighted by atomic mass is 32.2. The lowest BCUT2D eigenvalue weighted by atomic mass is 9.81. The Morgan fingerprint density at radius 1 is 1.15 bits per heavy atom. The van der Waals surface area contributed by atoms with Gasteiger partial charge in [-0.2, -0.15) is 0 Å². The number of hydrogen-bond donors (Lipinski definition) is 2. The second kappa shape index (κ2) is 9.08. The van der Waals surface area contributed by atoms with Crippen LogP contribution in [0.2, 0.25) is 0 Å². The highest BCUT2D eigenvalue weighted by Gasteiger charge is 2.42. The number of esters is 1. The Kier molecular flexibility index (Phi) is 6.93. The van der Waals surface area contributed by atoms with Crippen LogP contribution in [-0.4, -0.2) is 45.3 Å². The third kappa shape index (κ3) is 5.39. The second-order valence-electron chi connectivity index (χ2n) is 9.13. The van der Waals surface area contributed by atoms with E-state index in [4.69, 9.17) is 9.47 Å². The molecule has 1 aromatic heterocycles. The predicted octanol–water partition coefficient (Wildman–Crippen LogP) is 3.51. The first kappa shape index (κ1) is 25.2. The average Bonchev–Trinajstić information content (AvgIpc) is 3.04. The summed E-state index contributed by atoms with van der Waals surface area (Å²) in [5, 5.41) is 6.54. The first-order valence-electron chi connectivity index (χ1n) is 10.6. The van der Waals surface area contributed by atoms with Crippen molar-refractivity contribution in [2.45, 2.75) is 57.0 Å². The maximum atomic E-state index is 12.9. The van der Waals surface area contributed by atoms with Gasteiger partial charge in [0.25, 0.3) is 0 Å². The largest absolute Gasteiger partial charge is 0.497 e. The van der Waals surface area contributed by atoms with Crippen LogP contribution in [0.4, 0.5) is 5.00 Å². The van der Waals surface area contributed by atoms with E-state index in [0.717, 1.165) is 10.4 Å². The van der Waals surface area contributed by atoms with E-state index in [1.165, 1.54) is 42.7 Å². The van der Waals surface area contributed by atoms with Crippen LogP contribution in [0.25, 0.3) is 0 Å². The van der Waals surface area contributed by atoms with Gasteiger partial charge in [0.15, 0.2) is 9.84 Å². The van der Waals surface area contributed by atoms with E-state index in [9.17, 15) is 18.0 Å². The summed E-state index contributed by atoms with van der Waals surface area (Å²) in [6.07, 6.45) is 0.566. The maximum Gasteiger partial charge on any atom is 0.341 e. The van der Waals surface area contributed by atoms with Crippen molar-refractivity contribution in [1.82, 2.24) is 5.32 Å². The number of nitrogens with one attached hydrogen (secondary N) is 2. The molecule has 10 heteroatoms. The number of benzene rings is 1. The first-order chi connectivity index (χ1) is 15.3. The van der Waals surface area contributed by atoms with Gasteiger partial charge in [-0.05, 0) is 70.9 Å². The fourth-order valence-electron chi connectivity index (χ4n) is 4.24. The molecular formula is C23H30N2O6S2. The zero-order valence-corrected chi connectivity index (χ0v) is 21.3. The maximum absolute atomic E-state index is 12.9. The van der Waals surface area contributed by atoms with Crippen LogP contribution in [0.3, 0.4) is 0 Å². The van der Waals surface area contributed by atoms with Crippen molar-refractivity contribution in [3.05, 3.63) is 40.3 Å².